The molecule has 15 heavy (non-hydrogen) atoms. The van der Waals surface area contributed by atoms with E-state index >= 15 is 0 Å². The van der Waals surface area contributed by atoms with Crippen LogP contribution >= 0.6 is 0 Å². The van der Waals surface area contributed by atoms with Gasteiger partial charge in [0.05, 0.1) is 6.07 Å². The van der Waals surface area contributed by atoms with Crippen molar-refractivity contribution in [3.05, 3.63) is 12.7 Å². The Kier molecular flexibility index (Phi) is 6.11. The van der Waals surface area contributed by atoms with Crippen molar-refractivity contribution < 1.29 is 0 Å². The highest BCUT2D eigenvalue weighted by atomic mass is 14.9. The van der Waals surface area contributed by atoms with Crippen molar-refractivity contribution in [1.29, 1.82) is 5.26 Å². The highest BCUT2D eigenvalue weighted by Gasteiger charge is 2.29. The van der Waals surface area contributed by atoms with Gasteiger partial charge in [-0.1, -0.05) is 6.08 Å². The Hall–Kier alpha value is -0.810. The number of nitrogens with one attached hydrogen (secondary N) is 1. The molecule has 1 fully saturated rings. The van der Waals surface area contributed by atoms with Gasteiger partial charge in [-0.05, 0) is 51.0 Å². The van der Waals surface area contributed by atoms with Crippen molar-refractivity contribution in [2.24, 2.45) is 5.92 Å². The van der Waals surface area contributed by atoms with E-state index in [0.29, 0.717) is 12.5 Å². The number of nitrogens with zero attached hydrogens (tertiary/aromatic N) is 1. The maximum absolute atomic E-state index is 8.41. The second-order valence-corrected chi connectivity index (χ2v) is 4.38. The minimum atomic E-state index is 0.697. The van der Waals surface area contributed by atoms with Gasteiger partial charge in [0, 0.05) is 12.5 Å². The summed E-state index contributed by atoms with van der Waals surface area (Å²) in [5.41, 5.74) is 0. The summed E-state index contributed by atoms with van der Waals surface area (Å²) in [6.45, 7) is 4.84. The van der Waals surface area contributed by atoms with Gasteiger partial charge in [0.15, 0.2) is 0 Å². The fourth-order valence-electron chi connectivity index (χ4n) is 1.92. The zero-order valence-corrected chi connectivity index (χ0v) is 9.54. The molecule has 0 aromatic rings. The SMILES string of the molecule is C=CCCC(NCCCCC#N)C1CC1. The first-order chi connectivity index (χ1) is 7.38. The summed E-state index contributed by atoms with van der Waals surface area (Å²) >= 11 is 0. The standard InChI is InChI=1S/C13H22N2/c1-2-3-7-13(12-8-9-12)15-11-6-4-5-10-14/h2,12-13,15H,1,3-9,11H2. The molecule has 84 valence electrons. The highest BCUT2D eigenvalue weighted by molar-refractivity contribution is 4.87. The number of allylic oxidation sites excluding steroid dienone is 1. The van der Waals surface area contributed by atoms with Crippen LogP contribution in [0, 0.1) is 17.2 Å². The van der Waals surface area contributed by atoms with Crippen LogP contribution in [-0.4, -0.2) is 12.6 Å². The van der Waals surface area contributed by atoms with Gasteiger partial charge in [-0.2, -0.15) is 5.26 Å². The third-order valence-electron chi connectivity index (χ3n) is 2.99. The summed E-state index contributed by atoms with van der Waals surface area (Å²) in [5.74, 6) is 0.918. The molecule has 1 unspecified atom stereocenters. The predicted molar refractivity (Wildman–Crippen MR) is 63.4 cm³/mol. The molecule has 0 bridgehead atoms. The fourth-order valence-corrected chi connectivity index (χ4v) is 1.92. The first-order valence-corrected chi connectivity index (χ1v) is 6.09. The smallest absolute Gasteiger partial charge is 0.0621 e. The van der Waals surface area contributed by atoms with Crippen LogP contribution in [0.15, 0.2) is 12.7 Å². The second kappa shape index (κ2) is 7.48. The van der Waals surface area contributed by atoms with E-state index in [0.717, 1.165) is 31.7 Å². The van der Waals surface area contributed by atoms with Crippen LogP contribution < -0.4 is 5.32 Å². The van der Waals surface area contributed by atoms with Crippen LogP contribution in [0.4, 0.5) is 0 Å². The first kappa shape index (κ1) is 12.3. The van der Waals surface area contributed by atoms with Crippen molar-refractivity contribution in [2.45, 2.75) is 51.0 Å². The van der Waals surface area contributed by atoms with Crippen LogP contribution in [0.1, 0.15) is 44.9 Å². The maximum Gasteiger partial charge on any atom is 0.0621 e. The monoisotopic (exact) mass is 206 g/mol. The lowest BCUT2D eigenvalue weighted by Crippen LogP contribution is -2.31. The van der Waals surface area contributed by atoms with Gasteiger partial charge in [-0.3, -0.25) is 0 Å². The fraction of sp³-hybridized carbons (Fsp3) is 0.769. The van der Waals surface area contributed by atoms with E-state index in [-0.39, 0.29) is 0 Å². The van der Waals surface area contributed by atoms with Crippen molar-refractivity contribution in [2.75, 3.05) is 6.54 Å². The largest absolute Gasteiger partial charge is 0.314 e. The normalized spacial score (nSPS) is 17.0. The van der Waals surface area contributed by atoms with Gasteiger partial charge in [-0.25, -0.2) is 0 Å². The minimum Gasteiger partial charge on any atom is -0.314 e. The van der Waals surface area contributed by atoms with Gasteiger partial charge < -0.3 is 5.32 Å². The summed E-state index contributed by atoms with van der Waals surface area (Å²) in [7, 11) is 0. The molecule has 0 aromatic carbocycles. The number of unbranched alkanes of at least 4 members (excludes halogenated alkanes) is 2. The molecule has 2 nitrogen and oxygen atoms in total. The van der Waals surface area contributed by atoms with Gasteiger partial charge in [0.2, 0.25) is 0 Å². The molecule has 0 radical (unpaired) electrons. The zero-order valence-electron chi connectivity index (χ0n) is 9.54. The van der Waals surface area contributed by atoms with Crippen LogP contribution in [0.25, 0.3) is 0 Å². The molecule has 0 aromatic heterocycles. The predicted octanol–water partition coefficient (Wildman–Crippen LogP) is 3.01. The second-order valence-electron chi connectivity index (χ2n) is 4.38. The topological polar surface area (TPSA) is 35.8 Å². The van der Waals surface area contributed by atoms with Crippen molar-refractivity contribution in [3.8, 4) is 6.07 Å². The Morgan fingerprint density at radius 2 is 2.27 bits per heavy atom. The Morgan fingerprint density at radius 3 is 2.87 bits per heavy atom. The summed E-state index contributed by atoms with van der Waals surface area (Å²) in [5, 5.41) is 12.0. The van der Waals surface area contributed by atoms with E-state index in [1.165, 1.54) is 19.3 Å². The lowest BCUT2D eigenvalue weighted by atomic mass is 10.1. The average Bonchev–Trinajstić information content (AvgIpc) is 3.06. The van der Waals surface area contributed by atoms with Crippen LogP contribution in [-0.2, 0) is 0 Å². The molecule has 1 aliphatic rings. The number of hydrogen-bond acceptors (Lipinski definition) is 2. The minimum absolute atomic E-state index is 0.697. The molecule has 2 heteroatoms. The molecule has 0 aliphatic heterocycles. The van der Waals surface area contributed by atoms with E-state index in [1.54, 1.807) is 0 Å². The molecular formula is C13H22N2. The molecule has 1 saturated carbocycles. The number of hydrogen-bond donors (Lipinski definition) is 1. The van der Waals surface area contributed by atoms with Gasteiger partial charge in [-0.15, -0.1) is 6.58 Å². The van der Waals surface area contributed by atoms with Crippen molar-refractivity contribution >= 4 is 0 Å². The Morgan fingerprint density at radius 1 is 1.47 bits per heavy atom. The lowest BCUT2D eigenvalue weighted by molar-refractivity contribution is 0.432. The summed E-state index contributed by atoms with van der Waals surface area (Å²) < 4.78 is 0. The van der Waals surface area contributed by atoms with Crippen LogP contribution in [0.5, 0.6) is 0 Å². The molecule has 1 N–H and O–H groups in total. The van der Waals surface area contributed by atoms with Gasteiger partial charge in [0.1, 0.15) is 0 Å². The summed E-state index contributed by atoms with van der Waals surface area (Å²) in [6.07, 6.45) is 10.0. The molecule has 1 rings (SSSR count). The molecule has 1 atom stereocenters. The van der Waals surface area contributed by atoms with E-state index in [9.17, 15) is 0 Å². The average molecular weight is 206 g/mol. The molecule has 0 heterocycles. The van der Waals surface area contributed by atoms with Gasteiger partial charge in [0.25, 0.3) is 0 Å². The molecule has 0 saturated heterocycles. The van der Waals surface area contributed by atoms with Gasteiger partial charge >= 0.3 is 0 Å². The summed E-state index contributed by atoms with van der Waals surface area (Å²) in [4.78, 5) is 0. The maximum atomic E-state index is 8.41. The molecule has 0 amide bonds. The molecule has 1 aliphatic carbocycles. The zero-order chi connectivity index (χ0) is 10.9. The molecule has 0 spiro atoms. The Bertz CT molecular complexity index is 213. The van der Waals surface area contributed by atoms with Crippen LogP contribution in [0.3, 0.4) is 0 Å². The quantitative estimate of drug-likeness (QED) is 0.465. The molecular weight excluding hydrogens is 184 g/mol. The van der Waals surface area contributed by atoms with Crippen molar-refractivity contribution in [1.82, 2.24) is 5.32 Å². The first-order valence-electron chi connectivity index (χ1n) is 6.09. The van der Waals surface area contributed by atoms with Crippen LogP contribution in [0.2, 0.25) is 0 Å². The highest BCUT2D eigenvalue weighted by Crippen LogP contribution is 2.34. The third-order valence-corrected chi connectivity index (χ3v) is 2.99. The lowest BCUT2D eigenvalue weighted by Gasteiger charge is -2.17. The van der Waals surface area contributed by atoms with E-state index in [1.807, 2.05) is 6.08 Å². The third kappa shape index (κ3) is 5.59. The van der Waals surface area contributed by atoms with E-state index in [4.69, 9.17) is 5.26 Å². The number of rotatable bonds is 9. The Balaban J connectivity index is 2.04. The van der Waals surface area contributed by atoms with E-state index in [2.05, 4.69) is 18.0 Å². The Labute approximate surface area is 93.4 Å². The van der Waals surface area contributed by atoms with Crippen molar-refractivity contribution in [3.63, 3.8) is 0 Å². The summed E-state index contributed by atoms with van der Waals surface area (Å²) in [6, 6.07) is 2.88. The van der Waals surface area contributed by atoms with E-state index < -0.39 is 0 Å². The number of nitriles is 1.